The van der Waals surface area contributed by atoms with Gasteiger partial charge in [-0.05, 0) is 45.1 Å². The molecule has 92 valence electrons. The lowest BCUT2D eigenvalue weighted by molar-refractivity contribution is -0.118. The quantitative estimate of drug-likeness (QED) is 0.742. The van der Waals surface area contributed by atoms with Crippen molar-refractivity contribution in [1.29, 1.82) is 0 Å². The fraction of sp³-hybridized carbons (Fsp3) is 0.750. The number of allylic oxidation sites excluding steroid dienone is 1. The standard InChI is InChI=1S/C12H21NO2S/c1-9(2)10(3)11(14)13-8-12(15)4-6-16-7-5-12/h15H,4-8H2,1-3H3,(H,13,14). The first-order chi connectivity index (χ1) is 7.44. The minimum absolute atomic E-state index is 0.0633. The van der Waals surface area contributed by atoms with Gasteiger partial charge < -0.3 is 10.4 Å². The number of hydrogen-bond donors (Lipinski definition) is 2. The van der Waals surface area contributed by atoms with Gasteiger partial charge in [0.25, 0.3) is 0 Å². The number of aliphatic hydroxyl groups is 1. The summed E-state index contributed by atoms with van der Waals surface area (Å²) in [5.74, 6) is 1.90. The van der Waals surface area contributed by atoms with Crippen LogP contribution in [0.4, 0.5) is 0 Å². The fourth-order valence-corrected chi connectivity index (χ4v) is 2.79. The molecule has 1 saturated heterocycles. The molecule has 1 amide bonds. The van der Waals surface area contributed by atoms with Gasteiger partial charge in [0, 0.05) is 12.1 Å². The molecule has 1 fully saturated rings. The van der Waals surface area contributed by atoms with Crippen LogP contribution in [-0.2, 0) is 4.79 Å². The minimum atomic E-state index is -0.692. The number of carbonyl (C=O) groups is 1. The molecule has 16 heavy (non-hydrogen) atoms. The van der Waals surface area contributed by atoms with E-state index in [2.05, 4.69) is 5.32 Å². The third-order valence-electron chi connectivity index (χ3n) is 3.09. The highest BCUT2D eigenvalue weighted by Gasteiger charge is 2.29. The summed E-state index contributed by atoms with van der Waals surface area (Å²) in [5.41, 5.74) is 1.07. The zero-order valence-corrected chi connectivity index (χ0v) is 11.1. The van der Waals surface area contributed by atoms with Crippen molar-refractivity contribution in [2.45, 2.75) is 39.2 Å². The van der Waals surface area contributed by atoms with Gasteiger partial charge in [-0.25, -0.2) is 0 Å². The summed E-state index contributed by atoms with van der Waals surface area (Å²) >= 11 is 1.86. The Hall–Kier alpha value is -0.480. The highest BCUT2D eigenvalue weighted by molar-refractivity contribution is 7.99. The van der Waals surface area contributed by atoms with Crippen LogP contribution in [0, 0.1) is 0 Å². The zero-order valence-electron chi connectivity index (χ0n) is 10.3. The minimum Gasteiger partial charge on any atom is -0.388 e. The lowest BCUT2D eigenvalue weighted by Crippen LogP contribution is -2.45. The second kappa shape index (κ2) is 5.73. The first-order valence-electron chi connectivity index (χ1n) is 5.67. The summed E-state index contributed by atoms with van der Waals surface area (Å²) in [6, 6.07) is 0. The third kappa shape index (κ3) is 3.83. The summed E-state index contributed by atoms with van der Waals surface area (Å²) in [6.07, 6.45) is 1.54. The molecular formula is C12H21NO2S. The molecule has 0 aromatic rings. The van der Waals surface area contributed by atoms with E-state index in [1.54, 1.807) is 0 Å². The second-order valence-corrected chi connectivity index (χ2v) is 5.87. The van der Waals surface area contributed by atoms with Crippen molar-refractivity contribution < 1.29 is 9.90 Å². The number of carbonyl (C=O) groups excluding carboxylic acids is 1. The van der Waals surface area contributed by atoms with Crippen molar-refractivity contribution in [3.05, 3.63) is 11.1 Å². The number of amides is 1. The van der Waals surface area contributed by atoms with E-state index in [-0.39, 0.29) is 5.91 Å². The van der Waals surface area contributed by atoms with Gasteiger partial charge >= 0.3 is 0 Å². The highest BCUT2D eigenvalue weighted by Crippen LogP contribution is 2.26. The molecule has 1 rings (SSSR count). The maximum atomic E-state index is 11.7. The molecule has 2 N–H and O–H groups in total. The predicted molar refractivity (Wildman–Crippen MR) is 68.6 cm³/mol. The first kappa shape index (κ1) is 13.6. The summed E-state index contributed by atoms with van der Waals surface area (Å²) in [7, 11) is 0. The van der Waals surface area contributed by atoms with Gasteiger partial charge in [0.2, 0.25) is 5.91 Å². The van der Waals surface area contributed by atoms with Gasteiger partial charge in [-0.1, -0.05) is 5.57 Å². The van der Waals surface area contributed by atoms with E-state index >= 15 is 0 Å². The zero-order chi connectivity index (χ0) is 12.2. The lowest BCUT2D eigenvalue weighted by atomic mass is 9.96. The van der Waals surface area contributed by atoms with Crippen molar-refractivity contribution in [1.82, 2.24) is 5.32 Å². The predicted octanol–water partition coefficient (Wildman–Crippen LogP) is 1.72. The van der Waals surface area contributed by atoms with E-state index in [1.165, 1.54) is 0 Å². The third-order valence-corrected chi connectivity index (χ3v) is 4.08. The summed E-state index contributed by atoms with van der Waals surface area (Å²) in [4.78, 5) is 11.7. The average Bonchev–Trinajstić information content (AvgIpc) is 2.26. The Labute approximate surface area is 102 Å². The van der Waals surface area contributed by atoms with Crippen molar-refractivity contribution >= 4 is 17.7 Å². The fourth-order valence-electron chi connectivity index (χ4n) is 1.53. The molecule has 1 aliphatic rings. The number of nitrogens with one attached hydrogen (secondary N) is 1. The SMILES string of the molecule is CC(C)=C(C)C(=O)NCC1(O)CCSCC1. The van der Waals surface area contributed by atoms with E-state index in [0.717, 1.165) is 35.5 Å². The van der Waals surface area contributed by atoms with E-state index in [1.807, 2.05) is 32.5 Å². The summed E-state index contributed by atoms with van der Waals surface area (Å²) < 4.78 is 0. The maximum Gasteiger partial charge on any atom is 0.246 e. The van der Waals surface area contributed by atoms with Crippen LogP contribution in [0.3, 0.4) is 0 Å². The van der Waals surface area contributed by atoms with Gasteiger partial charge in [0.1, 0.15) is 0 Å². The van der Waals surface area contributed by atoms with Crippen LogP contribution < -0.4 is 5.32 Å². The van der Waals surface area contributed by atoms with Crippen LogP contribution in [0.1, 0.15) is 33.6 Å². The van der Waals surface area contributed by atoms with Gasteiger partial charge in [0.15, 0.2) is 0 Å². The molecule has 0 bridgehead atoms. The van der Waals surface area contributed by atoms with E-state index in [0.29, 0.717) is 6.54 Å². The summed E-state index contributed by atoms with van der Waals surface area (Å²) in [5, 5.41) is 13.0. The van der Waals surface area contributed by atoms with Gasteiger partial charge in [-0.15, -0.1) is 0 Å². The largest absolute Gasteiger partial charge is 0.388 e. The van der Waals surface area contributed by atoms with E-state index < -0.39 is 5.60 Å². The molecular weight excluding hydrogens is 222 g/mol. The monoisotopic (exact) mass is 243 g/mol. The van der Waals surface area contributed by atoms with Crippen LogP contribution in [-0.4, -0.2) is 34.7 Å². The molecule has 3 nitrogen and oxygen atoms in total. The molecule has 0 unspecified atom stereocenters. The highest BCUT2D eigenvalue weighted by atomic mass is 32.2. The number of rotatable bonds is 3. The van der Waals surface area contributed by atoms with Crippen molar-refractivity contribution in [2.24, 2.45) is 0 Å². The number of hydrogen-bond acceptors (Lipinski definition) is 3. The van der Waals surface area contributed by atoms with E-state index in [9.17, 15) is 9.90 Å². The normalized spacial score (nSPS) is 19.0. The molecule has 4 heteroatoms. The van der Waals surface area contributed by atoms with Crippen LogP contribution in [0.25, 0.3) is 0 Å². The average molecular weight is 243 g/mol. The Bertz CT molecular complexity index is 289. The van der Waals surface area contributed by atoms with Crippen LogP contribution >= 0.6 is 11.8 Å². The molecule has 1 aliphatic heterocycles. The Balaban J connectivity index is 2.45. The van der Waals surface area contributed by atoms with Crippen LogP contribution in [0.15, 0.2) is 11.1 Å². The molecule has 0 aliphatic carbocycles. The van der Waals surface area contributed by atoms with Crippen molar-refractivity contribution in [2.75, 3.05) is 18.1 Å². The lowest BCUT2D eigenvalue weighted by Gasteiger charge is -2.31. The van der Waals surface area contributed by atoms with E-state index in [4.69, 9.17) is 0 Å². The van der Waals surface area contributed by atoms with Crippen molar-refractivity contribution in [3.63, 3.8) is 0 Å². The van der Waals surface area contributed by atoms with Crippen molar-refractivity contribution in [3.8, 4) is 0 Å². The number of thioether (sulfide) groups is 1. The maximum absolute atomic E-state index is 11.7. The molecule has 0 atom stereocenters. The van der Waals surface area contributed by atoms with Gasteiger partial charge in [-0.2, -0.15) is 11.8 Å². The molecule has 0 saturated carbocycles. The molecule has 1 heterocycles. The Morgan fingerprint density at radius 1 is 1.31 bits per heavy atom. The van der Waals surface area contributed by atoms with Gasteiger partial charge in [0.05, 0.1) is 5.60 Å². The topological polar surface area (TPSA) is 49.3 Å². The van der Waals surface area contributed by atoms with Crippen LogP contribution in [0.5, 0.6) is 0 Å². The molecule has 0 radical (unpaired) electrons. The Kier molecular flexibility index (Phi) is 4.87. The smallest absolute Gasteiger partial charge is 0.246 e. The van der Waals surface area contributed by atoms with Crippen LogP contribution in [0.2, 0.25) is 0 Å². The Morgan fingerprint density at radius 3 is 2.38 bits per heavy atom. The molecule has 0 aromatic heterocycles. The first-order valence-corrected chi connectivity index (χ1v) is 6.82. The molecule has 0 aromatic carbocycles. The van der Waals surface area contributed by atoms with Gasteiger partial charge in [-0.3, -0.25) is 4.79 Å². The second-order valence-electron chi connectivity index (χ2n) is 4.64. The molecule has 0 spiro atoms. The Morgan fingerprint density at radius 2 is 1.88 bits per heavy atom. The summed E-state index contributed by atoms with van der Waals surface area (Å²) in [6.45, 7) is 6.02.